The lowest BCUT2D eigenvalue weighted by Gasteiger charge is -2.42. The molecule has 12 nitrogen and oxygen atoms in total. The van der Waals surface area contributed by atoms with Gasteiger partial charge in [0, 0.05) is 77.5 Å². The molecule has 2 saturated heterocycles. The Morgan fingerprint density at radius 2 is 1.72 bits per heavy atom. The zero-order valence-corrected chi connectivity index (χ0v) is 30.0. The van der Waals surface area contributed by atoms with Crippen LogP contribution in [0.3, 0.4) is 0 Å². The zero-order chi connectivity index (χ0) is 33.4. The van der Waals surface area contributed by atoms with E-state index >= 15 is 0 Å². The van der Waals surface area contributed by atoms with Crippen LogP contribution in [0.1, 0.15) is 19.3 Å². The molecular formula is C32H45ClN7O5PS. The average Bonchev–Trinajstić information content (AvgIpc) is 3.06. The molecule has 3 aromatic rings. The first-order valence-corrected chi connectivity index (χ1v) is 19.4. The Hall–Kier alpha value is -2.77. The molecule has 47 heavy (non-hydrogen) atoms. The summed E-state index contributed by atoms with van der Waals surface area (Å²) in [7, 11) is 1.05. The quantitative estimate of drug-likeness (QED) is 0.176. The Morgan fingerprint density at radius 3 is 2.43 bits per heavy atom. The van der Waals surface area contributed by atoms with Gasteiger partial charge in [-0.2, -0.15) is 4.98 Å². The fraction of sp³-hybridized carbons (Fsp3) is 0.500. The molecule has 0 saturated carbocycles. The molecule has 2 aromatic carbocycles. The fourth-order valence-corrected chi connectivity index (χ4v) is 7.77. The monoisotopic (exact) mass is 705 g/mol. The second-order valence-corrected chi connectivity index (χ2v) is 16.2. The van der Waals surface area contributed by atoms with Crippen molar-refractivity contribution in [3.63, 3.8) is 0 Å². The number of anilines is 5. The first-order valence-electron chi connectivity index (χ1n) is 15.8. The van der Waals surface area contributed by atoms with Crippen molar-refractivity contribution in [3.8, 4) is 5.75 Å². The molecule has 0 atom stereocenters. The van der Waals surface area contributed by atoms with E-state index in [1.165, 1.54) is 6.26 Å². The number of benzene rings is 2. The molecule has 3 heterocycles. The van der Waals surface area contributed by atoms with Crippen molar-refractivity contribution in [2.24, 2.45) is 0 Å². The second-order valence-electron chi connectivity index (χ2n) is 11.9. The Labute approximate surface area is 284 Å². The van der Waals surface area contributed by atoms with Gasteiger partial charge < -0.3 is 34.2 Å². The highest BCUT2D eigenvalue weighted by Crippen LogP contribution is 2.39. The summed E-state index contributed by atoms with van der Waals surface area (Å²) in [5.74, 6) is 1.54. The summed E-state index contributed by atoms with van der Waals surface area (Å²) in [5.41, 5.74) is 2.49. The molecule has 0 spiro atoms. The molecule has 0 amide bonds. The van der Waals surface area contributed by atoms with Gasteiger partial charge in [-0.25, -0.2) is 13.4 Å². The molecular weight excluding hydrogens is 661 g/mol. The molecule has 2 aliphatic rings. The number of nitrogens with one attached hydrogen (secondary N) is 2. The van der Waals surface area contributed by atoms with Crippen molar-refractivity contribution in [1.82, 2.24) is 19.8 Å². The fourth-order valence-electron chi connectivity index (χ4n) is 5.91. The van der Waals surface area contributed by atoms with Gasteiger partial charge in [-0.05, 0) is 50.6 Å². The van der Waals surface area contributed by atoms with E-state index in [-0.39, 0.29) is 12.4 Å². The number of hydrogen-bond donors (Lipinski definition) is 2. The van der Waals surface area contributed by atoms with Crippen molar-refractivity contribution in [2.75, 3.05) is 94.7 Å². The van der Waals surface area contributed by atoms with Crippen LogP contribution in [0.2, 0.25) is 5.02 Å². The van der Waals surface area contributed by atoms with Crippen LogP contribution in [0.15, 0.2) is 48.7 Å². The summed E-state index contributed by atoms with van der Waals surface area (Å²) in [5, 5.41) is 7.80. The third-order valence-electron chi connectivity index (χ3n) is 8.42. The van der Waals surface area contributed by atoms with E-state index in [1.807, 2.05) is 42.5 Å². The summed E-state index contributed by atoms with van der Waals surface area (Å²) in [6.07, 6.45) is 5.37. The zero-order valence-electron chi connectivity index (χ0n) is 27.5. The molecule has 256 valence electrons. The summed E-state index contributed by atoms with van der Waals surface area (Å²) in [4.78, 5) is 16.4. The standard InChI is InChI=1S/C32H45ClN7O5PS/c1-38-16-18-39(19-17-38)25-12-14-40(15-13-25)28-11-10-24(22-29(28)45-20-7-21-47(4,41)42)35-32-34-23-26(33)31(37-32)36-27-8-5-6-9-30(27)46(43-2)44-3/h5-6,8-11,22-23,25H,7,12-21H2,1-4H3,(H2,34,35,36,37). The molecule has 2 aliphatic heterocycles. The predicted octanol–water partition coefficient (Wildman–Crippen LogP) is 4.88. The van der Waals surface area contributed by atoms with Crippen LogP contribution in [0.25, 0.3) is 0 Å². The molecule has 0 unspecified atom stereocenters. The minimum Gasteiger partial charge on any atom is -0.491 e. The number of likely N-dealkylation sites (N-methyl/N-ethyl adjacent to an activating group) is 1. The number of aromatic nitrogens is 2. The van der Waals surface area contributed by atoms with E-state index < -0.39 is 18.2 Å². The van der Waals surface area contributed by atoms with Gasteiger partial charge in [0.1, 0.15) is 20.6 Å². The second kappa shape index (κ2) is 16.6. The van der Waals surface area contributed by atoms with Crippen LogP contribution in [-0.4, -0.2) is 113 Å². The van der Waals surface area contributed by atoms with E-state index in [0.29, 0.717) is 35.0 Å². The van der Waals surface area contributed by atoms with Crippen molar-refractivity contribution in [1.29, 1.82) is 0 Å². The summed E-state index contributed by atoms with van der Waals surface area (Å²) < 4.78 is 40.7. The van der Waals surface area contributed by atoms with Gasteiger partial charge in [0.15, 0.2) is 5.82 Å². The van der Waals surface area contributed by atoms with Crippen LogP contribution in [0.5, 0.6) is 5.75 Å². The van der Waals surface area contributed by atoms with Crippen molar-refractivity contribution >= 4 is 63.9 Å². The minimum atomic E-state index is -3.08. The molecule has 5 rings (SSSR count). The molecule has 0 radical (unpaired) electrons. The van der Waals surface area contributed by atoms with Crippen molar-refractivity contribution < 1.29 is 22.2 Å². The lowest BCUT2D eigenvalue weighted by molar-refractivity contribution is 0.0981. The first kappa shape index (κ1) is 35.5. The summed E-state index contributed by atoms with van der Waals surface area (Å²) >= 11 is 6.50. The highest BCUT2D eigenvalue weighted by Gasteiger charge is 2.28. The minimum absolute atomic E-state index is 0.0743. The normalized spacial score (nSPS) is 16.9. The Morgan fingerprint density at radius 1 is 1.00 bits per heavy atom. The Bertz CT molecular complexity index is 1580. The van der Waals surface area contributed by atoms with Crippen LogP contribution in [0, 0.1) is 0 Å². The number of halogens is 1. The molecule has 2 fully saturated rings. The molecule has 0 aliphatic carbocycles. The van der Waals surface area contributed by atoms with Gasteiger partial charge in [-0.1, -0.05) is 23.7 Å². The van der Waals surface area contributed by atoms with Crippen LogP contribution in [-0.2, 0) is 18.9 Å². The lowest BCUT2D eigenvalue weighted by atomic mass is 10.0. The van der Waals surface area contributed by atoms with Crippen LogP contribution >= 0.6 is 20.0 Å². The van der Waals surface area contributed by atoms with E-state index in [9.17, 15) is 8.42 Å². The van der Waals surface area contributed by atoms with E-state index in [4.69, 9.17) is 25.4 Å². The Kier molecular flexibility index (Phi) is 12.5. The maximum atomic E-state index is 11.7. The van der Waals surface area contributed by atoms with E-state index in [2.05, 4.69) is 42.3 Å². The number of sulfone groups is 1. The molecule has 1 aromatic heterocycles. The predicted molar refractivity (Wildman–Crippen MR) is 191 cm³/mol. The average molecular weight is 706 g/mol. The lowest BCUT2D eigenvalue weighted by Crippen LogP contribution is -2.52. The van der Waals surface area contributed by atoms with Crippen LogP contribution < -0.4 is 25.6 Å². The van der Waals surface area contributed by atoms with Gasteiger partial charge in [0.25, 0.3) is 0 Å². The highest BCUT2D eigenvalue weighted by atomic mass is 35.5. The number of ether oxygens (including phenoxy) is 1. The maximum Gasteiger partial charge on any atom is 0.229 e. The number of nitrogens with zero attached hydrogens (tertiary/aromatic N) is 5. The van der Waals surface area contributed by atoms with Gasteiger partial charge in [-0.3, -0.25) is 4.90 Å². The number of piperazine rings is 1. The molecule has 15 heteroatoms. The van der Waals surface area contributed by atoms with Crippen molar-refractivity contribution in [2.45, 2.75) is 25.3 Å². The number of rotatable bonds is 14. The number of piperidine rings is 1. The summed E-state index contributed by atoms with van der Waals surface area (Å²) in [6.45, 7) is 6.61. The van der Waals surface area contributed by atoms with E-state index in [1.54, 1.807) is 20.4 Å². The maximum absolute atomic E-state index is 11.7. The van der Waals surface area contributed by atoms with Gasteiger partial charge in [-0.15, -0.1) is 0 Å². The third-order valence-corrected chi connectivity index (χ3v) is 11.2. The van der Waals surface area contributed by atoms with E-state index in [0.717, 1.165) is 74.5 Å². The van der Waals surface area contributed by atoms with Crippen molar-refractivity contribution in [3.05, 3.63) is 53.7 Å². The number of para-hydroxylation sites is 1. The number of hydrogen-bond acceptors (Lipinski definition) is 12. The largest absolute Gasteiger partial charge is 0.491 e. The highest BCUT2D eigenvalue weighted by molar-refractivity contribution is 7.90. The third kappa shape index (κ3) is 9.88. The van der Waals surface area contributed by atoms with Gasteiger partial charge in [0.2, 0.25) is 14.3 Å². The topological polar surface area (TPSA) is 121 Å². The molecule has 2 N–H and O–H groups in total. The molecule has 0 bridgehead atoms. The smallest absolute Gasteiger partial charge is 0.229 e. The first-order chi connectivity index (χ1) is 22.6. The van der Waals surface area contributed by atoms with Gasteiger partial charge >= 0.3 is 0 Å². The summed E-state index contributed by atoms with van der Waals surface area (Å²) in [6, 6.07) is 14.2. The van der Waals surface area contributed by atoms with Gasteiger partial charge in [0.05, 0.1) is 35.2 Å². The van der Waals surface area contributed by atoms with Crippen LogP contribution in [0.4, 0.5) is 28.8 Å². The SMILES string of the molecule is COP(OC)c1ccccc1Nc1nc(Nc2ccc(N3CCC(N4CCN(C)CC4)CC3)c(OCCCS(C)(=O)=O)c2)ncc1Cl. The Balaban J connectivity index is 1.32.